The molecule has 0 bridgehead atoms. The molecule has 14 nitrogen and oxygen atoms in total. The number of hydrogen-bond acceptors (Lipinski definition) is 8. The number of hydrogen-bond donors (Lipinski definition) is 7. The van der Waals surface area contributed by atoms with Crippen LogP contribution in [0, 0.1) is 0 Å². The number of rotatable bonds is 11. The van der Waals surface area contributed by atoms with Crippen LogP contribution in [-0.4, -0.2) is 95.6 Å². The molecule has 35 heavy (non-hydrogen) atoms. The first-order valence-electron chi connectivity index (χ1n) is 11.2. The van der Waals surface area contributed by atoms with Crippen LogP contribution in [0.4, 0.5) is 0 Å². The summed E-state index contributed by atoms with van der Waals surface area (Å²) in [6, 6.07) is -4.50. The van der Waals surface area contributed by atoms with Crippen LogP contribution >= 0.6 is 0 Å². The Morgan fingerprint density at radius 2 is 1.77 bits per heavy atom. The normalized spacial score (nSPS) is 18.9. The summed E-state index contributed by atoms with van der Waals surface area (Å²) in [6.07, 6.45) is 5.52. The van der Waals surface area contributed by atoms with E-state index in [1.54, 1.807) is 0 Å². The van der Waals surface area contributed by atoms with Crippen molar-refractivity contribution in [2.24, 2.45) is 5.73 Å². The number of aromatic nitrogens is 4. The van der Waals surface area contributed by atoms with Gasteiger partial charge in [0.1, 0.15) is 18.1 Å². The molecule has 5 unspecified atom stereocenters. The van der Waals surface area contributed by atoms with Gasteiger partial charge in [0.2, 0.25) is 17.7 Å². The molecule has 0 spiro atoms. The molecule has 3 heterocycles. The maximum absolute atomic E-state index is 13.2. The van der Waals surface area contributed by atoms with E-state index in [1.165, 1.54) is 36.9 Å². The number of nitrogens with one attached hydrogen (secondary N) is 4. The summed E-state index contributed by atoms with van der Waals surface area (Å²) in [5.74, 6) is -3.16. The van der Waals surface area contributed by atoms with Crippen LogP contribution in [0.2, 0.25) is 0 Å². The molecule has 14 heteroatoms. The second-order valence-corrected chi connectivity index (χ2v) is 8.48. The van der Waals surface area contributed by atoms with Crippen molar-refractivity contribution in [3.63, 3.8) is 0 Å². The summed E-state index contributed by atoms with van der Waals surface area (Å²) in [5, 5.41) is 24.7. The SMILES string of the molecule is CC(O)C(NC(=O)C(N)Cc1cnc[nH]1)C(=O)N1CCCC1C(=O)NC(Cc1cnc[nH]1)C(=O)O. The lowest BCUT2D eigenvalue weighted by Crippen LogP contribution is -2.59. The molecule has 3 amide bonds. The number of aliphatic carboxylic acids is 1. The Kier molecular flexibility index (Phi) is 8.54. The second-order valence-electron chi connectivity index (χ2n) is 8.48. The van der Waals surface area contributed by atoms with Gasteiger partial charge >= 0.3 is 5.97 Å². The third-order valence-electron chi connectivity index (χ3n) is 5.81. The van der Waals surface area contributed by atoms with Gasteiger partial charge in [-0.3, -0.25) is 14.4 Å². The Labute approximate surface area is 200 Å². The molecule has 0 saturated carbocycles. The molecular formula is C21H30N8O6. The zero-order valence-electron chi connectivity index (χ0n) is 19.2. The molecular weight excluding hydrogens is 460 g/mol. The van der Waals surface area contributed by atoms with Crippen LogP contribution in [0.5, 0.6) is 0 Å². The number of carboxylic acids is 1. The predicted molar refractivity (Wildman–Crippen MR) is 120 cm³/mol. The largest absolute Gasteiger partial charge is 0.480 e. The van der Waals surface area contributed by atoms with E-state index in [0.717, 1.165) is 0 Å². The van der Waals surface area contributed by atoms with Crippen molar-refractivity contribution >= 4 is 23.7 Å². The maximum Gasteiger partial charge on any atom is 0.326 e. The van der Waals surface area contributed by atoms with Gasteiger partial charge < -0.3 is 41.4 Å². The highest BCUT2D eigenvalue weighted by molar-refractivity contribution is 5.94. The van der Waals surface area contributed by atoms with Crippen molar-refractivity contribution in [3.05, 3.63) is 36.4 Å². The van der Waals surface area contributed by atoms with E-state index in [2.05, 4.69) is 30.6 Å². The van der Waals surface area contributed by atoms with Gasteiger partial charge in [-0.2, -0.15) is 0 Å². The molecule has 0 aliphatic carbocycles. The first kappa shape index (κ1) is 25.8. The molecule has 2 aromatic rings. The van der Waals surface area contributed by atoms with Crippen molar-refractivity contribution in [1.29, 1.82) is 0 Å². The fourth-order valence-corrected chi connectivity index (χ4v) is 3.94. The van der Waals surface area contributed by atoms with Crippen molar-refractivity contribution in [2.75, 3.05) is 6.54 Å². The number of aromatic amines is 2. The zero-order valence-corrected chi connectivity index (χ0v) is 19.2. The lowest BCUT2D eigenvalue weighted by Gasteiger charge is -2.31. The summed E-state index contributed by atoms with van der Waals surface area (Å²) < 4.78 is 0. The highest BCUT2D eigenvalue weighted by Crippen LogP contribution is 2.20. The van der Waals surface area contributed by atoms with Crippen LogP contribution in [0.25, 0.3) is 0 Å². The molecule has 1 fully saturated rings. The fourth-order valence-electron chi connectivity index (χ4n) is 3.94. The highest BCUT2D eigenvalue weighted by Gasteiger charge is 2.40. The van der Waals surface area contributed by atoms with Crippen LogP contribution in [-0.2, 0) is 32.0 Å². The highest BCUT2D eigenvalue weighted by atomic mass is 16.4. The van der Waals surface area contributed by atoms with E-state index in [0.29, 0.717) is 24.2 Å². The number of nitrogens with zero attached hydrogens (tertiary/aromatic N) is 3. The third kappa shape index (κ3) is 6.64. The number of nitrogens with two attached hydrogens (primary N) is 1. The topological polar surface area (TPSA) is 219 Å². The Morgan fingerprint density at radius 3 is 2.31 bits per heavy atom. The van der Waals surface area contributed by atoms with Gasteiger partial charge in [-0.15, -0.1) is 0 Å². The fraction of sp³-hybridized carbons (Fsp3) is 0.524. The lowest BCUT2D eigenvalue weighted by molar-refractivity contribution is -0.146. The minimum atomic E-state index is -1.33. The number of aliphatic hydroxyl groups is 1. The predicted octanol–water partition coefficient (Wildman–Crippen LogP) is -2.33. The number of amides is 3. The molecule has 190 valence electrons. The van der Waals surface area contributed by atoms with Crippen molar-refractivity contribution in [1.82, 2.24) is 35.5 Å². The number of H-pyrrole nitrogens is 2. The van der Waals surface area contributed by atoms with Gasteiger partial charge in [-0.1, -0.05) is 0 Å². The maximum atomic E-state index is 13.2. The summed E-state index contributed by atoms with van der Waals surface area (Å²) in [4.78, 5) is 65.0. The number of aliphatic hydroxyl groups excluding tert-OH is 1. The number of imidazole rings is 2. The van der Waals surface area contributed by atoms with Crippen molar-refractivity contribution in [2.45, 2.75) is 62.9 Å². The van der Waals surface area contributed by atoms with Crippen molar-refractivity contribution < 1.29 is 29.4 Å². The Morgan fingerprint density at radius 1 is 1.14 bits per heavy atom. The molecule has 0 radical (unpaired) electrons. The smallest absolute Gasteiger partial charge is 0.326 e. The standard InChI is InChI=1S/C21H30N8O6/c1-11(30)17(28-18(31)14(22)5-12-7-23-9-25-12)20(33)29-4-2-3-16(29)19(32)27-15(21(34)35)6-13-8-24-10-26-13/h7-11,14-17,30H,2-6,22H2,1H3,(H,23,25)(H,24,26)(H,27,32)(H,28,31)(H,34,35). The molecule has 2 aromatic heterocycles. The summed E-state index contributed by atoms with van der Waals surface area (Å²) >= 11 is 0. The van der Waals surface area contributed by atoms with Crippen LogP contribution in [0.1, 0.15) is 31.2 Å². The Hall–Kier alpha value is -3.78. The van der Waals surface area contributed by atoms with E-state index in [9.17, 15) is 29.4 Å². The number of likely N-dealkylation sites (tertiary alicyclic amines) is 1. The van der Waals surface area contributed by atoms with Crippen LogP contribution in [0.3, 0.4) is 0 Å². The first-order chi connectivity index (χ1) is 16.7. The van der Waals surface area contributed by atoms with E-state index < -0.39 is 54.0 Å². The van der Waals surface area contributed by atoms with Gasteiger partial charge in [0, 0.05) is 43.2 Å². The monoisotopic (exact) mass is 490 g/mol. The average molecular weight is 491 g/mol. The Bertz CT molecular complexity index is 1010. The van der Waals surface area contributed by atoms with E-state index in [1.807, 2.05) is 0 Å². The molecule has 5 atom stereocenters. The van der Waals surface area contributed by atoms with Gasteiger partial charge in [0.15, 0.2) is 0 Å². The molecule has 3 rings (SSSR count). The van der Waals surface area contributed by atoms with Gasteiger partial charge in [0.05, 0.1) is 24.8 Å². The zero-order chi connectivity index (χ0) is 25.5. The van der Waals surface area contributed by atoms with Gasteiger partial charge in [-0.05, 0) is 19.8 Å². The minimum absolute atomic E-state index is 0.0116. The van der Waals surface area contributed by atoms with Gasteiger partial charge in [0.25, 0.3) is 0 Å². The molecule has 1 saturated heterocycles. The second kappa shape index (κ2) is 11.6. The minimum Gasteiger partial charge on any atom is -0.480 e. The first-order valence-corrected chi connectivity index (χ1v) is 11.2. The summed E-state index contributed by atoms with van der Waals surface area (Å²) in [6.45, 7) is 1.56. The average Bonchev–Trinajstić information content (AvgIpc) is 3.58. The van der Waals surface area contributed by atoms with Gasteiger partial charge in [-0.25, -0.2) is 14.8 Å². The third-order valence-corrected chi connectivity index (χ3v) is 5.81. The molecule has 0 aromatic carbocycles. The number of carbonyl (C=O) groups excluding carboxylic acids is 3. The number of carboxylic acid groups (broad SMARTS) is 1. The Balaban J connectivity index is 1.65. The molecule has 1 aliphatic rings. The van der Waals surface area contributed by atoms with Crippen LogP contribution < -0.4 is 16.4 Å². The van der Waals surface area contributed by atoms with Crippen LogP contribution in [0.15, 0.2) is 25.0 Å². The van der Waals surface area contributed by atoms with E-state index >= 15 is 0 Å². The van der Waals surface area contributed by atoms with E-state index in [-0.39, 0.29) is 19.4 Å². The number of carbonyl (C=O) groups is 4. The quantitative estimate of drug-likeness (QED) is 0.179. The summed E-state index contributed by atoms with van der Waals surface area (Å²) in [7, 11) is 0. The summed E-state index contributed by atoms with van der Waals surface area (Å²) in [5.41, 5.74) is 7.09. The van der Waals surface area contributed by atoms with E-state index in [4.69, 9.17) is 5.73 Å². The lowest BCUT2D eigenvalue weighted by atomic mass is 10.1. The molecule has 8 N–H and O–H groups in total. The molecule has 1 aliphatic heterocycles. The van der Waals surface area contributed by atoms with Crippen molar-refractivity contribution in [3.8, 4) is 0 Å².